The van der Waals surface area contributed by atoms with Crippen molar-refractivity contribution in [2.75, 3.05) is 32.8 Å². The zero-order valence-corrected chi connectivity index (χ0v) is 13.1. The first kappa shape index (κ1) is 16.0. The van der Waals surface area contributed by atoms with E-state index in [1.807, 2.05) is 18.2 Å². The number of ether oxygens (including phenoxy) is 1. The van der Waals surface area contributed by atoms with E-state index in [1.165, 1.54) is 5.56 Å². The van der Waals surface area contributed by atoms with Gasteiger partial charge in [0.1, 0.15) is 6.10 Å². The molecule has 2 aliphatic heterocycles. The minimum absolute atomic E-state index is 0.0773. The fraction of sp³-hybridized carbons (Fsp3) is 0.529. The molecule has 1 N–H and O–H groups in total. The van der Waals surface area contributed by atoms with Gasteiger partial charge in [0.05, 0.1) is 12.5 Å². The van der Waals surface area contributed by atoms with Crippen molar-refractivity contribution in [3.8, 4) is 0 Å². The first-order valence-electron chi connectivity index (χ1n) is 8.03. The topological polar surface area (TPSA) is 70.1 Å². The van der Waals surface area contributed by atoms with Gasteiger partial charge in [-0.15, -0.1) is 0 Å². The maximum absolute atomic E-state index is 12.5. The Morgan fingerprint density at radius 3 is 2.65 bits per heavy atom. The molecule has 0 radical (unpaired) electrons. The summed E-state index contributed by atoms with van der Waals surface area (Å²) in [6.45, 7) is 3.49. The number of carbonyl (C=O) groups excluding carboxylic acids is 1. The molecule has 2 saturated heterocycles. The Balaban J connectivity index is 1.56. The second-order valence-electron chi connectivity index (χ2n) is 6.19. The summed E-state index contributed by atoms with van der Waals surface area (Å²) in [5, 5.41) is 9.05. The van der Waals surface area contributed by atoms with Gasteiger partial charge in [-0.2, -0.15) is 0 Å². The Morgan fingerprint density at radius 2 is 1.96 bits per heavy atom. The highest BCUT2D eigenvalue weighted by atomic mass is 16.5. The summed E-state index contributed by atoms with van der Waals surface area (Å²) in [6, 6.07) is 10.2. The van der Waals surface area contributed by atoms with E-state index in [-0.39, 0.29) is 5.91 Å². The summed E-state index contributed by atoms with van der Waals surface area (Å²) in [7, 11) is 0. The zero-order chi connectivity index (χ0) is 16.2. The van der Waals surface area contributed by atoms with Crippen LogP contribution in [0.3, 0.4) is 0 Å². The van der Waals surface area contributed by atoms with Gasteiger partial charge < -0.3 is 14.7 Å². The first-order valence-corrected chi connectivity index (χ1v) is 8.03. The van der Waals surface area contributed by atoms with Crippen LogP contribution in [0.5, 0.6) is 0 Å². The van der Waals surface area contributed by atoms with Crippen molar-refractivity contribution in [3.63, 3.8) is 0 Å². The van der Waals surface area contributed by atoms with E-state index in [1.54, 1.807) is 4.90 Å². The van der Waals surface area contributed by atoms with Crippen LogP contribution in [0, 0.1) is 5.92 Å². The van der Waals surface area contributed by atoms with E-state index in [9.17, 15) is 9.59 Å². The molecule has 2 aliphatic rings. The van der Waals surface area contributed by atoms with Crippen LogP contribution in [-0.4, -0.2) is 65.7 Å². The lowest BCUT2D eigenvalue weighted by molar-refractivity contribution is -0.149. The number of carboxylic acid groups (broad SMARTS) is 1. The maximum Gasteiger partial charge on any atom is 0.308 e. The molecule has 2 atom stereocenters. The van der Waals surface area contributed by atoms with Gasteiger partial charge in [0, 0.05) is 32.7 Å². The Hall–Kier alpha value is -1.92. The van der Waals surface area contributed by atoms with E-state index < -0.39 is 18.0 Å². The van der Waals surface area contributed by atoms with E-state index >= 15 is 0 Å². The fourth-order valence-electron chi connectivity index (χ4n) is 3.20. The summed E-state index contributed by atoms with van der Waals surface area (Å²) < 4.78 is 5.64. The van der Waals surface area contributed by atoms with Crippen molar-refractivity contribution in [1.29, 1.82) is 0 Å². The molecule has 3 rings (SSSR count). The molecule has 23 heavy (non-hydrogen) atoms. The lowest BCUT2D eigenvalue weighted by Gasteiger charge is -2.34. The number of rotatable bonds is 4. The van der Waals surface area contributed by atoms with Crippen LogP contribution in [0.15, 0.2) is 30.3 Å². The van der Waals surface area contributed by atoms with Crippen LogP contribution in [-0.2, 0) is 20.9 Å². The molecule has 0 aromatic heterocycles. The molecule has 6 heteroatoms. The van der Waals surface area contributed by atoms with Crippen LogP contribution in [0.2, 0.25) is 0 Å². The third-order valence-corrected chi connectivity index (χ3v) is 4.52. The zero-order valence-electron chi connectivity index (χ0n) is 13.1. The highest BCUT2D eigenvalue weighted by Crippen LogP contribution is 2.19. The molecule has 2 unspecified atom stereocenters. The summed E-state index contributed by atoms with van der Waals surface area (Å²) in [6.07, 6.45) is 0.0432. The molecule has 124 valence electrons. The molecule has 1 amide bonds. The van der Waals surface area contributed by atoms with Crippen molar-refractivity contribution < 1.29 is 19.4 Å². The molecular formula is C17H22N2O4. The second kappa shape index (κ2) is 7.10. The predicted octanol–water partition coefficient (Wildman–Crippen LogP) is 0.820. The Labute approximate surface area is 135 Å². The third-order valence-electron chi connectivity index (χ3n) is 4.52. The molecule has 6 nitrogen and oxygen atoms in total. The Morgan fingerprint density at radius 1 is 1.17 bits per heavy atom. The molecule has 1 aromatic carbocycles. The normalized spacial score (nSPS) is 25.5. The number of carbonyl (C=O) groups is 2. The Bertz CT molecular complexity index is 563. The van der Waals surface area contributed by atoms with Gasteiger partial charge in [-0.1, -0.05) is 30.3 Å². The number of likely N-dealkylation sites (tertiary alicyclic amines) is 1. The minimum atomic E-state index is -0.824. The van der Waals surface area contributed by atoms with Crippen molar-refractivity contribution in [1.82, 2.24) is 9.80 Å². The largest absolute Gasteiger partial charge is 0.481 e. The van der Waals surface area contributed by atoms with Crippen LogP contribution >= 0.6 is 0 Å². The average Bonchev–Trinajstić information content (AvgIpc) is 3.06. The van der Waals surface area contributed by atoms with E-state index in [4.69, 9.17) is 9.84 Å². The van der Waals surface area contributed by atoms with E-state index in [0.29, 0.717) is 32.7 Å². The molecule has 1 aromatic rings. The smallest absolute Gasteiger partial charge is 0.308 e. The molecule has 0 spiro atoms. The van der Waals surface area contributed by atoms with Crippen molar-refractivity contribution in [2.24, 2.45) is 5.92 Å². The van der Waals surface area contributed by atoms with Crippen LogP contribution in [0.4, 0.5) is 0 Å². The summed E-state index contributed by atoms with van der Waals surface area (Å²) >= 11 is 0. The SMILES string of the molecule is O=C(O)C1CCN(C(=O)C2CN(Cc3ccccc3)CCO2)C1. The van der Waals surface area contributed by atoms with Crippen molar-refractivity contribution >= 4 is 11.9 Å². The van der Waals surface area contributed by atoms with Crippen LogP contribution < -0.4 is 0 Å². The third kappa shape index (κ3) is 3.89. The quantitative estimate of drug-likeness (QED) is 0.890. The highest BCUT2D eigenvalue weighted by Gasteiger charge is 2.36. The van der Waals surface area contributed by atoms with Gasteiger partial charge in [0.2, 0.25) is 0 Å². The highest BCUT2D eigenvalue weighted by molar-refractivity contribution is 5.82. The van der Waals surface area contributed by atoms with Crippen molar-refractivity contribution in [2.45, 2.75) is 19.1 Å². The number of benzene rings is 1. The number of hydrogen-bond donors (Lipinski definition) is 1. The van der Waals surface area contributed by atoms with E-state index in [0.717, 1.165) is 13.1 Å². The standard InChI is InChI=1S/C17H22N2O4/c20-16(19-7-6-14(11-19)17(21)22)15-12-18(8-9-23-15)10-13-4-2-1-3-5-13/h1-5,14-15H,6-12H2,(H,21,22). The molecule has 2 heterocycles. The van der Waals surface area contributed by atoms with Gasteiger partial charge in [-0.25, -0.2) is 0 Å². The van der Waals surface area contributed by atoms with Gasteiger partial charge in [0.15, 0.2) is 0 Å². The maximum atomic E-state index is 12.5. The number of nitrogens with zero attached hydrogens (tertiary/aromatic N) is 2. The predicted molar refractivity (Wildman–Crippen MR) is 83.8 cm³/mol. The Kier molecular flexibility index (Phi) is 4.93. The number of aliphatic carboxylic acids is 1. The number of hydrogen-bond acceptors (Lipinski definition) is 4. The first-order chi connectivity index (χ1) is 11.1. The molecular weight excluding hydrogens is 296 g/mol. The molecule has 0 aliphatic carbocycles. The van der Waals surface area contributed by atoms with Gasteiger partial charge in [-0.05, 0) is 12.0 Å². The lowest BCUT2D eigenvalue weighted by Crippen LogP contribution is -2.50. The number of morpholine rings is 1. The number of amides is 1. The fourth-order valence-corrected chi connectivity index (χ4v) is 3.20. The lowest BCUT2D eigenvalue weighted by atomic mass is 10.1. The monoisotopic (exact) mass is 318 g/mol. The summed E-state index contributed by atoms with van der Waals surface area (Å²) in [4.78, 5) is 27.4. The average molecular weight is 318 g/mol. The molecule has 0 saturated carbocycles. The molecule has 0 bridgehead atoms. The molecule has 2 fully saturated rings. The van der Waals surface area contributed by atoms with Gasteiger partial charge in [0.25, 0.3) is 5.91 Å². The number of carboxylic acids is 1. The summed E-state index contributed by atoms with van der Waals surface area (Å²) in [5.74, 6) is -1.34. The van der Waals surface area contributed by atoms with Crippen LogP contribution in [0.25, 0.3) is 0 Å². The van der Waals surface area contributed by atoms with Gasteiger partial charge in [-0.3, -0.25) is 14.5 Å². The van der Waals surface area contributed by atoms with Crippen LogP contribution in [0.1, 0.15) is 12.0 Å². The second-order valence-corrected chi connectivity index (χ2v) is 6.19. The van der Waals surface area contributed by atoms with E-state index in [2.05, 4.69) is 17.0 Å². The van der Waals surface area contributed by atoms with Crippen molar-refractivity contribution in [3.05, 3.63) is 35.9 Å². The summed E-state index contributed by atoms with van der Waals surface area (Å²) in [5.41, 5.74) is 1.22. The minimum Gasteiger partial charge on any atom is -0.481 e. The van der Waals surface area contributed by atoms with Gasteiger partial charge >= 0.3 is 5.97 Å².